The summed E-state index contributed by atoms with van der Waals surface area (Å²) >= 11 is 0. The van der Waals surface area contributed by atoms with Gasteiger partial charge in [-0.05, 0) is 25.0 Å². The Bertz CT molecular complexity index is 625. The molecule has 4 rings (SSSR count). The molecule has 0 unspecified atom stereocenters. The molecule has 0 amide bonds. The molecule has 122 valence electrons. The standard InChI is InChI=1S/C17H22N4O2/c1-5-18-6-2-13(1)15-11-19-17(20-15)16-12-23-10-7-21(16)14-3-8-22-9-4-14/h1-2,5-6,11,14,16H,3-4,7-10,12H2,(H,19,20)/t16-/m0/s1. The molecule has 2 aromatic rings. The minimum Gasteiger partial charge on any atom is -0.381 e. The van der Waals surface area contributed by atoms with E-state index in [0.29, 0.717) is 12.6 Å². The van der Waals surface area contributed by atoms with E-state index in [1.807, 2.05) is 18.3 Å². The predicted octanol–water partition coefficient (Wildman–Crippen LogP) is 2.02. The van der Waals surface area contributed by atoms with Gasteiger partial charge in [0.25, 0.3) is 0 Å². The lowest BCUT2D eigenvalue weighted by molar-refractivity contribution is -0.0589. The highest BCUT2D eigenvalue weighted by Gasteiger charge is 2.33. The number of hydrogen-bond acceptors (Lipinski definition) is 5. The predicted molar refractivity (Wildman–Crippen MR) is 85.9 cm³/mol. The van der Waals surface area contributed by atoms with E-state index in [1.54, 1.807) is 12.4 Å². The first-order valence-electron chi connectivity index (χ1n) is 8.28. The maximum atomic E-state index is 5.73. The molecule has 2 fully saturated rings. The number of rotatable bonds is 3. The monoisotopic (exact) mass is 314 g/mol. The summed E-state index contributed by atoms with van der Waals surface area (Å²) in [5.41, 5.74) is 2.13. The normalized spacial score (nSPS) is 23.9. The van der Waals surface area contributed by atoms with Gasteiger partial charge in [0.1, 0.15) is 5.82 Å². The van der Waals surface area contributed by atoms with Gasteiger partial charge in [0.15, 0.2) is 0 Å². The molecule has 2 aromatic heterocycles. The van der Waals surface area contributed by atoms with Gasteiger partial charge in [-0.25, -0.2) is 4.98 Å². The summed E-state index contributed by atoms with van der Waals surface area (Å²) in [4.78, 5) is 14.7. The first-order valence-corrected chi connectivity index (χ1v) is 8.28. The molecule has 0 spiro atoms. The van der Waals surface area contributed by atoms with Gasteiger partial charge in [-0.15, -0.1) is 0 Å². The Hall–Kier alpha value is -1.76. The molecule has 0 aromatic carbocycles. The van der Waals surface area contributed by atoms with Crippen LogP contribution in [0.4, 0.5) is 0 Å². The van der Waals surface area contributed by atoms with Crippen molar-refractivity contribution in [2.45, 2.75) is 24.9 Å². The molecular formula is C17H22N4O2. The molecule has 4 heterocycles. The molecule has 0 aliphatic carbocycles. The average Bonchev–Trinajstić information content (AvgIpc) is 3.13. The maximum Gasteiger partial charge on any atom is 0.126 e. The van der Waals surface area contributed by atoms with E-state index in [9.17, 15) is 0 Å². The van der Waals surface area contributed by atoms with Crippen LogP contribution in [0.1, 0.15) is 24.7 Å². The fourth-order valence-corrected chi connectivity index (χ4v) is 3.49. The van der Waals surface area contributed by atoms with E-state index >= 15 is 0 Å². The largest absolute Gasteiger partial charge is 0.381 e. The molecule has 1 atom stereocenters. The van der Waals surface area contributed by atoms with E-state index in [0.717, 1.165) is 56.3 Å². The molecule has 0 radical (unpaired) electrons. The lowest BCUT2D eigenvalue weighted by Gasteiger charge is -2.41. The van der Waals surface area contributed by atoms with Gasteiger partial charge in [0, 0.05) is 43.8 Å². The number of hydrogen-bond donors (Lipinski definition) is 1. The van der Waals surface area contributed by atoms with Crippen molar-refractivity contribution in [1.29, 1.82) is 0 Å². The second-order valence-electron chi connectivity index (χ2n) is 6.09. The second kappa shape index (κ2) is 6.78. The van der Waals surface area contributed by atoms with Gasteiger partial charge in [-0.1, -0.05) is 0 Å². The molecule has 0 bridgehead atoms. The van der Waals surface area contributed by atoms with Gasteiger partial charge >= 0.3 is 0 Å². The van der Waals surface area contributed by atoms with Crippen molar-refractivity contribution in [3.05, 3.63) is 36.5 Å². The Balaban J connectivity index is 1.56. The fraction of sp³-hybridized carbons (Fsp3) is 0.529. The third kappa shape index (κ3) is 3.15. The van der Waals surface area contributed by atoms with E-state index < -0.39 is 0 Å². The number of nitrogens with one attached hydrogen (secondary N) is 1. The quantitative estimate of drug-likeness (QED) is 0.939. The smallest absolute Gasteiger partial charge is 0.126 e. The van der Waals surface area contributed by atoms with Crippen LogP contribution in [0.5, 0.6) is 0 Å². The third-order valence-corrected chi connectivity index (χ3v) is 4.73. The SMILES string of the molecule is c1cc(-c2cnc([C@@H]3COCCN3C3CCOCC3)[nH]2)ccn1. The summed E-state index contributed by atoms with van der Waals surface area (Å²) in [7, 11) is 0. The van der Waals surface area contributed by atoms with Crippen molar-refractivity contribution in [1.82, 2.24) is 19.9 Å². The Labute approximate surface area is 135 Å². The van der Waals surface area contributed by atoms with E-state index in [-0.39, 0.29) is 6.04 Å². The van der Waals surface area contributed by atoms with Crippen molar-refractivity contribution in [3.8, 4) is 11.3 Å². The summed E-state index contributed by atoms with van der Waals surface area (Å²) in [6, 6.07) is 4.74. The highest BCUT2D eigenvalue weighted by Crippen LogP contribution is 2.29. The molecule has 0 saturated carbocycles. The Morgan fingerprint density at radius 3 is 2.74 bits per heavy atom. The van der Waals surface area contributed by atoms with Gasteiger partial charge in [0.2, 0.25) is 0 Å². The van der Waals surface area contributed by atoms with Gasteiger partial charge in [0.05, 0.1) is 31.1 Å². The molecule has 2 saturated heterocycles. The highest BCUT2D eigenvalue weighted by atomic mass is 16.5. The van der Waals surface area contributed by atoms with E-state index in [1.165, 1.54) is 0 Å². The third-order valence-electron chi connectivity index (χ3n) is 4.73. The van der Waals surface area contributed by atoms with Crippen LogP contribution in [0.25, 0.3) is 11.3 Å². The minimum absolute atomic E-state index is 0.197. The van der Waals surface area contributed by atoms with Crippen LogP contribution in [0, 0.1) is 0 Å². The van der Waals surface area contributed by atoms with Crippen molar-refractivity contribution in [3.63, 3.8) is 0 Å². The Morgan fingerprint density at radius 1 is 1.09 bits per heavy atom. The first-order chi connectivity index (χ1) is 11.4. The van der Waals surface area contributed by atoms with Gasteiger partial charge in [-0.3, -0.25) is 9.88 Å². The molecule has 2 aliphatic rings. The van der Waals surface area contributed by atoms with Crippen molar-refractivity contribution in [2.75, 3.05) is 33.0 Å². The van der Waals surface area contributed by atoms with Crippen LogP contribution >= 0.6 is 0 Å². The van der Waals surface area contributed by atoms with Crippen LogP contribution < -0.4 is 0 Å². The van der Waals surface area contributed by atoms with Crippen LogP contribution in [-0.4, -0.2) is 58.9 Å². The summed E-state index contributed by atoms with van der Waals surface area (Å²) < 4.78 is 11.2. The summed E-state index contributed by atoms with van der Waals surface area (Å²) in [6.07, 6.45) is 7.69. The molecule has 6 heteroatoms. The number of aromatic nitrogens is 3. The number of pyridine rings is 1. The van der Waals surface area contributed by atoms with Crippen molar-refractivity contribution >= 4 is 0 Å². The number of morpholine rings is 1. The number of ether oxygens (including phenoxy) is 2. The Morgan fingerprint density at radius 2 is 1.91 bits per heavy atom. The summed E-state index contributed by atoms with van der Waals surface area (Å²) in [5.74, 6) is 0.989. The summed E-state index contributed by atoms with van der Waals surface area (Å²) in [5, 5.41) is 0. The molecule has 23 heavy (non-hydrogen) atoms. The first kappa shape index (κ1) is 14.8. The fourth-order valence-electron chi connectivity index (χ4n) is 3.49. The topological polar surface area (TPSA) is 63.3 Å². The zero-order chi connectivity index (χ0) is 15.5. The van der Waals surface area contributed by atoms with Crippen molar-refractivity contribution in [2.24, 2.45) is 0 Å². The van der Waals surface area contributed by atoms with Crippen LogP contribution in [-0.2, 0) is 9.47 Å². The van der Waals surface area contributed by atoms with Crippen LogP contribution in [0.15, 0.2) is 30.7 Å². The zero-order valence-electron chi connectivity index (χ0n) is 13.1. The van der Waals surface area contributed by atoms with Gasteiger partial charge in [-0.2, -0.15) is 0 Å². The minimum atomic E-state index is 0.197. The molecule has 2 aliphatic heterocycles. The van der Waals surface area contributed by atoms with Crippen molar-refractivity contribution < 1.29 is 9.47 Å². The lowest BCUT2D eigenvalue weighted by atomic mass is 10.0. The van der Waals surface area contributed by atoms with Gasteiger partial charge < -0.3 is 14.5 Å². The zero-order valence-corrected chi connectivity index (χ0v) is 13.1. The number of aromatic amines is 1. The second-order valence-corrected chi connectivity index (χ2v) is 6.09. The Kier molecular flexibility index (Phi) is 4.37. The summed E-state index contributed by atoms with van der Waals surface area (Å²) in [6.45, 7) is 4.16. The van der Waals surface area contributed by atoms with E-state index in [4.69, 9.17) is 9.47 Å². The maximum absolute atomic E-state index is 5.73. The molecule has 1 N–H and O–H groups in total. The van der Waals surface area contributed by atoms with Crippen LogP contribution in [0.3, 0.4) is 0 Å². The molecular weight excluding hydrogens is 292 g/mol. The number of nitrogens with zero attached hydrogens (tertiary/aromatic N) is 3. The average molecular weight is 314 g/mol. The lowest BCUT2D eigenvalue weighted by Crippen LogP contribution is -2.48. The number of H-pyrrole nitrogens is 1. The number of imidazole rings is 1. The van der Waals surface area contributed by atoms with Crippen LogP contribution in [0.2, 0.25) is 0 Å². The molecule has 6 nitrogen and oxygen atoms in total. The van der Waals surface area contributed by atoms with E-state index in [2.05, 4.69) is 19.9 Å². The highest BCUT2D eigenvalue weighted by molar-refractivity contribution is 5.57.